The van der Waals surface area contributed by atoms with Gasteiger partial charge < -0.3 is 10.2 Å². The van der Waals surface area contributed by atoms with Crippen molar-refractivity contribution in [2.24, 2.45) is 0 Å². The molecule has 30 heavy (non-hydrogen) atoms. The predicted octanol–water partition coefficient (Wildman–Crippen LogP) is 4.35. The van der Waals surface area contributed by atoms with Crippen molar-refractivity contribution in [3.8, 4) is 11.3 Å². The molecular formula is C24H29FN4O. The highest BCUT2D eigenvalue weighted by molar-refractivity contribution is 5.76. The van der Waals surface area contributed by atoms with E-state index in [2.05, 4.69) is 20.4 Å². The monoisotopic (exact) mass is 408 g/mol. The van der Waals surface area contributed by atoms with Gasteiger partial charge in [-0.25, -0.2) is 4.39 Å². The molecule has 0 aliphatic carbocycles. The molecule has 0 aliphatic rings. The van der Waals surface area contributed by atoms with Gasteiger partial charge in [-0.2, -0.15) is 5.10 Å². The summed E-state index contributed by atoms with van der Waals surface area (Å²) in [7, 11) is 2.03. The minimum Gasteiger partial charge on any atom is -0.350 e. The number of aromatic amines is 1. The van der Waals surface area contributed by atoms with Crippen LogP contribution in [0.25, 0.3) is 11.3 Å². The lowest BCUT2D eigenvalue weighted by atomic mass is 10.1. The van der Waals surface area contributed by atoms with Gasteiger partial charge in [-0.3, -0.25) is 9.89 Å². The molecule has 1 aromatic heterocycles. The van der Waals surface area contributed by atoms with Crippen LogP contribution in [0, 0.1) is 5.82 Å². The van der Waals surface area contributed by atoms with Crippen LogP contribution in [0.15, 0.2) is 60.7 Å². The predicted molar refractivity (Wildman–Crippen MR) is 117 cm³/mol. The number of nitrogens with zero attached hydrogens (tertiary/aromatic N) is 2. The molecule has 2 N–H and O–H groups in total. The SMILES string of the molecule is CC(NC(=O)CCN(C)CCCc1cc(-c2ccc(F)cc2)n[nH]1)c1ccccc1. The minimum atomic E-state index is -0.249. The van der Waals surface area contributed by atoms with Crippen molar-refractivity contribution in [3.05, 3.63) is 77.7 Å². The molecule has 1 atom stereocenters. The maximum Gasteiger partial charge on any atom is 0.221 e. The summed E-state index contributed by atoms with van der Waals surface area (Å²) >= 11 is 0. The summed E-state index contributed by atoms with van der Waals surface area (Å²) in [4.78, 5) is 14.4. The summed E-state index contributed by atoms with van der Waals surface area (Å²) < 4.78 is 13.0. The van der Waals surface area contributed by atoms with E-state index in [1.165, 1.54) is 12.1 Å². The molecular weight excluding hydrogens is 379 g/mol. The first-order valence-corrected chi connectivity index (χ1v) is 10.3. The summed E-state index contributed by atoms with van der Waals surface area (Å²) in [6.45, 7) is 3.62. The number of rotatable bonds is 10. The number of amides is 1. The van der Waals surface area contributed by atoms with Gasteiger partial charge in [0.2, 0.25) is 5.91 Å². The largest absolute Gasteiger partial charge is 0.350 e. The lowest BCUT2D eigenvalue weighted by molar-refractivity contribution is -0.122. The molecule has 6 heteroatoms. The van der Waals surface area contributed by atoms with Crippen molar-refractivity contribution in [1.82, 2.24) is 20.4 Å². The van der Waals surface area contributed by atoms with E-state index in [1.807, 2.05) is 50.4 Å². The summed E-state index contributed by atoms with van der Waals surface area (Å²) in [6, 6.07) is 18.3. The Bertz CT molecular complexity index is 924. The molecule has 2 aromatic carbocycles. The van der Waals surface area contributed by atoms with Gasteiger partial charge in [0.05, 0.1) is 11.7 Å². The standard InChI is InChI=1S/C24H29FN4O/c1-18(19-7-4-3-5-8-19)26-24(30)14-16-29(2)15-6-9-22-17-23(28-27-22)20-10-12-21(25)13-11-20/h3-5,7-8,10-13,17-18H,6,9,14-16H2,1-2H3,(H,26,30)(H,27,28). The highest BCUT2D eigenvalue weighted by atomic mass is 19.1. The Balaban J connectivity index is 1.35. The maximum atomic E-state index is 13.0. The Morgan fingerprint density at radius 1 is 1.13 bits per heavy atom. The first kappa shape index (κ1) is 21.7. The van der Waals surface area contributed by atoms with Crippen molar-refractivity contribution in [2.75, 3.05) is 20.1 Å². The van der Waals surface area contributed by atoms with Gasteiger partial charge in [0, 0.05) is 24.2 Å². The summed E-state index contributed by atoms with van der Waals surface area (Å²) in [5.74, 6) is -0.184. The van der Waals surface area contributed by atoms with Crippen LogP contribution in [-0.2, 0) is 11.2 Å². The average molecular weight is 409 g/mol. The van der Waals surface area contributed by atoms with Gasteiger partial charge in [0.15, 0.2) is 0 Å². The normalized spacial score (nSPS) is 12.1. The first-order chi connectivity index (χ1) is 14.5. The molecule has 0 radical (unpaired) electrons. The number of aryl methyl sites for hydroxylation is 1. The second-order valence-corrected chi connectivity index (χ2v) is 7.64. The van der Waals surface area contributed by atoms with Crippen LogP contribution >= 0.6 is 0 Å². The molecule has 3 rings (SSSR count). The molecule has 158 valence electrons. The lowest BCUT2D eigenvalue weighted by Crippen LogP contribution is -2.31. The number of nitrogens with one attached hydrogen (secondary N) is 2. The first-order valence-electron chi connectivity index (χ1n) is 10.3. The molecule has 0 spiro atoms. The number of halogens is 1. The van der Waals surface area contributed by atoms with Crippen molar-refractivity contribution in [1.29, 1.82) is 0 Å². The van der Waals surface area contributed by atoms with E-state index < -0.39 is 0 Å². The van der Waals surface area contributed by atoms with Crippen LogP contribution in [0.1, 0.15) is 37.1 Å². The topological polar surface area (TPSA) is 61.0 Å². The molecule has 0 saturated carbocycles. The molecule has 0 saturated heterocycles. The second-order valence-electron chi connectivity index (χ2n) is 7.64. The van der Waals surface area contributed by atoms with Crippen molar-refractivity contribution >= 4 is 5.91 Å². The van der Waals surface area contributed by atoms with E-state index in [-0.39, 0.29) is 17.8 Å². The van der Waals surface area contributed by atoms with Gasteiger partial charge in [-0.1, -0.05) is 30.3 Å². The van der Waals surface area contributed by atoms with E-state index >= 15 is 0 Å². The van der Waals surface area contributed by atoms with Crippen molar-refractivity contribution < 1.29 is 9.18 Å². The molecule has 0 aliphatic heterocycles. The van der Waals surface area contributed by atoms with Crippen LogP contribution in [-0.4, -0.2) is 41.1 Å². The number of hydrogen-bond donors (Lipinski definition) is 2. The highest BCUT2D eigenvalue weighted by Crippen LogP contribution is 2.18. The van der Waals surface area contributed by atoms with Gasteiger partial charge in [0.1, 0.15) is 5.82 Å². The minimum absolute atomic E-state index is 0.0136. The van der Waals surface area contributed by atoms with E-state index in [9.17, 15) is 9.18 Å². The zero-order valence-electron chi connectivity index (χ0n) is 17.6. The molecule has 1 amide bonds. The summed E-state index contributed by atoms with van der Waals surface area (Å²) in [5, 5.41) is 10.4. The van der Waals surface area contributed by atoms with Gasteiger partial charge >= 0.3 is 0 Å². The Kier molecular flexibility index (Phi) is 7.74. The molecule has 3 aromatic rings. The fourth-order valence-electron chi connectivity index (χ4n) is 3.34. The quantitative estimate of drug-likeness (QED) is 0.524. The summed E-state index contributed by atoms with van der Waals surface area (Å²) in [6.07, 6.45) is 2.31. The Morgan fingerprint density at radius 2 is 1.87 bits per heavy atom. The van der Waals surface area contributed by atoms with Crippen LogP contribution in [0.5, 0.6) is 0 Å². The van der Waals surface area contributed by atoms with E-state index in [4.69, 9.17) is 0 Å². The molecule has 5 nitrogen and oxygen atoms in total. The van der Waals surface area contributed by atoms with Crippen molar-refractivity contribution in [3.63, 3.8) is 0 Å². The molecule has 1 unspecified atom stereocenters. The van der Waals surface area contributed by atoms with E-state index in [0.717, 1.165) is 48.4 Å². The highest BCUT2D eigenvalue weighted by Gasteiger charge is 2.10. The third-order valence-corrected chi connectivity index (χ3v) is 5.15. The molecule has 0 bridgehead atoms. The van der Waals surface area contributed by atoms with Crippen LogP contribution in [0.3, 0.4) is 0 Å². The number of H-pyrrole nitrogens is 1. The Labute approximate surface area is 177 Å². The zero-order chi connectivity index (χ0) is 21.3. The number of carbonyl (C=O) groups excluding carboxylic acids is 1. The smallest absolute Gasteiger partial charge is 0.221 e. The number of aromatic nitrogens is 2. The van der Waals surface area contributed by atoms with Gasteiger partial charge in [0.25, 0.3) is 0 Å². The Hall–Kier alpha value is -2.99. The molecule has 1 heterocycles. The van der Waals surface area contributed by atoms with Crippen LogP contribution < -0.4 is 5.32 Å². The number of carbonyl (C=O) groups is 1. The summed E-state index contributed by atoms with van der Waals surface area (Å²) in [5.41, 5.74) is 3.88. The molecule has 0 fully saturated rings. The lowest BCUT2D eigenvalue weighted by Gasteiger charge is -2.18. The van der Waals surface area contributed by atoms with E-state index in [1.54, 1.807) is 12.1 Å². The zero-order valence-corrected chi connectivity index (χ0v) is 17.6. The fourth-order valence-corrected chi connectivity index (χ4v) is 3.34. The van der Waals surface area contributed by atoms with Crippen LogP contribution in [0.2, 0.25) is 0 Å². The fraction of sp³-hybridized carbons (Fsp3) is 0.333. The third kappa shape index (κ3) is 6.52. The maximum absolute atomic E-state index is 13.0. The van der Waals surface area contributed by atoms with Crippen molar-refractivity contribution in [2.45, 2.75) is 32.2 Å². The van der Waals surface area contributed by atoms with Gasteiger partial charge in [-0.05, 0) is 69.3 Å². The average Bonchev–Trinajstić information content (AvgIpc) is 3.22. The van der Waals surface area contributed by atoms with Gasteiger partial charge in [-0.15, -0.1) is 0 Å². The third-order valence-electron chi connectivity index (χ3n) is 5.15. The Morgan fingerprint density at radius 3 is 2.60 bits per heavy atom. The van der Waals surface area contributed by atoms with E-state index in [0.29, 0.717) is 6.42 Å². The van der Waals surface area contributed by atoms with Crippen LogP contribution in [0.4, 0.5) is 4.39 Å². The second kappa shape index (κ2) is 10.7. The number of benzene rings is 2. The number of hydrogen-bond acceptors (Lipinski definition) is 3.